The van der Waals surface area contributed by atoms with Gasteiger partial charge in [0.05, 0.1) is 3.42 Å². The Morgan fingerprint density at radius 3 is 2.78 bits per heavy atom. The third-order valence-electron chi connectivity index (χ3n) is 1.43. The van der Waals surface area contributed by atoms with Gasteiger partial charge in [0.15, 0.2) is 0 Å². The van der Waals surface area contributed by atoms with E-state index in [9.17, 15) is 0 Å². The van der Waals surface area contributed by atoms with Crippen molar-refractivity contribution in [3.63, 3.8) is 0 Å². The van der Waals surface area contributed by atoms with Gasteiger partial charge in [-0.25, -0.2) is 0 Å². The lowest BCUT2D eigenvalue weighted by molar-refractivity contribution is 0.871. The molecule has 2 nitrogen and oxygen atoms in total. The fraction of sp³-hybridized carbons (Fsp3) is 0.500. The number of halogens is 1. The van der Waals surface area contributed by atoms with Crippen molar-refractivity contribution in [2.75, 3.05) is 0 Å². The summed E-state index contributed by atoms with van der Waals surface area (Å²) in [5, 5.41) is 3.92. The third kappa shape index (κ3) is 1.44. The minimum atomic E-state index is 0.114. The highest BCUT2D eigenvalue weighted by atomic mass is 127. The Balaban J connectivity index is 2.83. The van der Waals surface area contributed by atoms with Crippen LogP contribution in [0.1, 0.15) is 13.8 Å². The first-order valence-electron chi connectivity index (χ1n) is 2.79. The Morgan fingerprint density at radius 2 is 2.44 bits per heavy atom. The maximum atomic E-state index is 3.92. The van der Waals surface area contributed by atoms with Crippen molar-refractivity contribution >= 4 is 28.8 Å². The molecule has 0 aromatic carbocycles. The van der Waals surface area contributed by atoms with Crippen molar-refractivity contribution in [1.82, 2.24) is 5.43 Å². The molecule has 0 aliphatic carbocycles. The van der Waals surface area contributed by atoms with Gasteiger partial charge >= 0.3 is 0 Å². The van der Waals surface area contributed by atoms with Gasteiger partial charge in [0.25, 0.3) is 0 Å². The van der Waals surface area contributed by atoms with E-state index in [4.69, 9.17) is 0 Å². The second kappa shape index (κ2) is 2.28. The molecule has 0 saturated carbocycles. The van der Waals surface area contributed by atoms with Crippen molar-refractivity contribution in [1.29, 1.82) is 0 Å². The molecular weight excluding hydrogens is 227 g/mol. The van der Waals surface area contributed by atoms with E-state index in [-0.39, 0.29) is 3.42 Å². The lowest BCUT2D eigenvalue weighted by Gasteiger charge is -2.20. The summed E-state index contributed by atoms with van der Waals surface area (Å²) in [6.45, 7) is 4.22. The highest BCUT2D eigenvalue weighted by Crippen LogP contribution is 2.25. The van der Waals surface area contributed by atoms with Gasteiger partial charge in [0.1, 0.15) is 0 Å². The van der Waals surface area contributed by atoms with Gasteiger partial charge in [-0.15, -0.1) is 0 Å². The van der Waals surface area contributed by atoms with Crippen LogP contribution in [0.15, 0.2) is 16.9 Å². The summed E-state index contributed by atoms with van der Waals surface area (Å²) in [5.41, 5.74) is 4.10. The highest BCUT2D eigenvalue weighted by Gasteiger charge is 2.21. The zero-order valence-electron chi connectivity index (χ0n) is 5.48. The fourth-order valence-electron chi connectivity index (χ4n) is 0.536. The van der Waals surface area contributed by atoms with Gasteiger partial charge in [-0.2, -0.15) is 5.10 Å². The number of rotatable bonds is 0. The van der Waals surface area contributed by atoms with E-state index >= 15 is 0 Å². The third-order valence-corrected chi connectivity index (χ3v) is 2.56. The molecule has 0 aromatic rings. The van der Waals surface area contributed by atoms with Crippen LogP contribution in [0.25, 0.3) is 0 Å². The molecule has 1 N–H and O–H groups in total. The number of nitrogens with zero attached hydrogens (tertiary/aromatic N) is 1. The minimum absolute atomic E-state index is 0.114. The van der Waals surface area contributed by atoms with Gasteiger partial charge in [-0.05, 0) is 19.4 Å². The van der Waals surface area contributed by atoms with E-state index in [1.165, 1.54) is 5.57 Å². The van der Waals surface area contributed by atoms with Crippen molar-refractivity contribution < 1.29 is 0 Å². The zero-order chi connectivity index (χ0) is 6.91. The number of hydrogen-bond donors (Lipinski definition) is 1. The summed E-state index contributed by atoms with van der Waals surface area (Å²) < 4.78 is 0.114. The smallest absolute Gasteiger partial charge is 0.0785 e. The normalized spacial score (nSPS) is 33.4. The number of allylic oxidation sites excluding steroid dienone is 1. The standard InChI is InChI=1S/C6H9IN2/c1-5-3-8-9-4-6(5,2)7/h3-4,8H,1-2H3. The Hall–Kier alpha value is -0.0600. The van der Waals surface area contributed by atoms with Gasteiger partial charge in [0, 0.05) is 12.4 Å². The number of nitrogens with one attached hydrogen (secondary N) is 1. The van der Waals surface area contributed by atoms with Crippen molar-refractivity contribution in [2.24, 2.45) is 5.10 Å². The lowest BCUT2D eigenvalue weighted by atomic mass is 10.1. The second-order valence-electron chi connectivity index (χ2n) is 2.29. The highest BCUT2D eigenvalue weighted by molar-refractivity contribution is 14.1. The van der Waals surface area contributed by atoms with E-state index in [0.717, 1.165) is 0 Å². The van der Waals surface area contributed by atoms with E-state index < -0.39 is 0 Å². The summed E-state index contributed by atoms with van der Waals surface area (Å²) >= 11 is 2.36. The Labute approximate surface area is 68.5 Å². The van der Waals surface area contributed by atoms with Gasteiger partial charge in [-0.3, -0.25) is 5.43 Å². The summed E-state index contributed by atoms with van der Waals surface area (Å²) in [6.07, 6.45) is 3.83. The van der Waals surface area contributed by atoms with Crippen LogP contribution in [0.2, 0.25) is 0 Å². The predicted molar refractivity (Wildman–Crippen MR) is 47.8 cm³/mol. The molecular formula is C6H9IN2. The molecule has 0 radical (unpaired) electrons. The molecule has 9 heavy (non-hydrogen) atoms. The predicted octanol–water partition coefficient (Wildman–Crippen LogP) is 1.67. The first kappa shape index (κ1) is 7.05. The molecule has 0 spiro atoms. The average Bonchev–Trinajstić information content (AvgIpc) is 1.77. The minimum Gasteiger partial charge on any atom is -0.286 e. The first-order valence-corrected chi connectivity index (χ1v) is 3.87. The zero-order valence-corrected chi connectivity index (χ0v) is 7.64. The molecule has 1 heterocycles. The van der Waals surface area contributed by atoms with Gasteiger partial charge < -0.3 is 0 Å². The maximum absolute atomic E-state index is 3.92. The lowest BCUT2D eigenvalue weighted by Crippen LogP contribution is -2.25. The number of hydrogen-bond acceptors (Lipinski definition) is 2. The summed E-state index contributed by atoms with van der Waals surface area (Å²) in [6, 6.07) is 0. The van der Waals surface area contributed by atoms with E-state index in [2.05, 4.69) is 47.0 Å². The molecule has 1 aliphatic rings. The second-order valence-corrected chi connectivity index (χ2v) is 4.53. The van der Waals surface area contributed by atoms with E-state index in [1.807, 2.05) is 12.4 Å². The molecule has 0 saturated heterocycles. The van der Waals surface area contributed by atoms with E-state index in [0.29, 0.717) is 0 Å². The van der Waals surface area contributed by atoms with Crippen LogP contribution < -0.4 is 5.43 Å². The largest absolute Gasteiger partial charge is 0.286 e. The number of hydrazone groups is 1. The molecule has 1 rings (SSSR count). The molecule has 1 atom stereocenters. The summed E-state index contributed by atoms with van der Waals surface area (Å²) in [7, 11) is 0. The quantitative estimate of drug-likeness (QED) is 0.502. The topological polar surface area (TPSA) is 24.4 Å². The Kier molecular flexibility index (Phi) is 1.79. The van der Waals surface area contributed by atoms with Crippen LogP contribution in [0, 0.1) is 0 Å². The number of alkyl halides is 1. The van der Waals surface area contributed by atoms with Gasteiger partial charge in [-0.1, -0.05) is 22.6 Å². The Bertz CT molecular complexity index is 170. The molecule has 3 heteroatoms. The van der Waals surface area contributed by atoms with Crippen molar-refractivity contribution in [3.05, 3.63) is 11.8 Å². The average molecular weight is 236 g/mol. The molecule has 0 amide bonds. The monoisotopic (exact) mass is 236 g/mol. The SMILES string of the molecule is CC1=CNN=CC1(C)I. The molecule has 1 aliphatic heterocycles. The van der Waals surface area contributed by atoms with Crippen LogP contribution in [0.5, 0.6) is 0 Å². The molecule has 50 valence electrons. The summed E-state index contributed by atoms with van der Waals surface area (Å²) in [5.74, 6) is 0. The van der Waals surface area contributed by atoms with Crippen LogP contribution in [-0.2, 0) is 0 Å². The van der Waals surface area contributed by atoms with Crippen molar-refractivity contribution in [2.45, 2.75) is 17.3 Å². The van der Waals surface area contributed by atoms with Crippen molar-refractivity contribution in [3.8, 4) is 0 Å². The molecule has 0 fully saturated rings. The molecule has 1 unspecified atom stereocenters. The Morgan fingerprint density at radius 1 is 1.78 bits per heavy atom. The van der Waals surface area contributed by atoms with E-state index in [1.54, 1.807) is 0 Å². The molecule has 0 aromatic heterocycles. The van der Waals surface area contributed by atoms with Crippen LogP contribution in [0.3, 0.4) is 0 Å². The molecule has 0 bridgehead atoms. The van der Waals surface area contributed by atoms with Crippen LogP contribution in [0.4, 0.5) is 0 Å². The van der Waals surface area contributed by atoms with Crippen LogP contribution >= 0.6 is 22.6 Å². The fourth-order valence-corrected chi connectivity index (χ4v) is 0.830. The summed E-state index contributed by atoms with van der Waals surface area (Å²) in [4.78, 5) is 0. The van der Waals surface area contributed by atoms with Crippen LogP contribution in [-0.4, -0.2) is 9.64 Å². The van der Waals surface area contributed by atoms with Gasteiger partial charge in [0.2, 0.25) is 0 Å². The maximum Gasteiger partial charge on any atom is 0.0785 e. The first-order chi connectivity index (χ1) is 4.13.